The fourth-order valence-electron chi connectivity index (χ4n) is 2.97. The van der Waals surface area contributed by atoms with Gasteiger partial charge in [-0.2, -0.15) is 0 Å². The Morgan fingerprint density at radius 1 is 1.35 bits per heavy atom. The van der Waals surface area contributed by atoms with Gasteiger partial charge in [0.1, 0.15) is 11.9 Å². The molecule has 0 bridgehead atoms. The molecule has 0 aliphatic carbocycles. The number of ether oxygens (including phenoxy) is 1. The van der Waals surface area contributed by atoms with Crippen LogP contribution in [0.1, 0.15) is 6.92 Å². The van der Waals surface area contributed by atoms with Gasteiger partial charge in [-0.1, -0.05) is 0 Å². The molecule has 2 saturated heterocycles. The minimum Gasteiger partial charge on any atom is -0.442 e. The maximum absolute atomic E-state index is 14.5. The number of nitrogens with one attached hydrogen (secondary N) is 1. The van der Waals surface area contributed by atoms with Gasteiger partial charge in [0.25, 0.3) is 0 Å². The van der Waals surface area contributed by atoms with Crippen molar-refractivity contribution in [2.24, 2.45) is 0 Å². The largest absolute Gasteiger partial charge is 0.442 e. The van der Waals surface area contributed by atoms with Crippen molar-refractivity contribution >= 4 is 33.2 Å². The molecule has 0 aromatic heterocycles. The lowest BCUT2D eigenvalue weighted by Gasteiger charge is -2.29. The molecule has 3 rings (SSSR count). The van der Waals surface area contributed by atoms with Gasteiger partial charge in [0.05, 0.1) is 36.0 Å². The summed E-state index contributed by atoms with van der Waals surface area (Å²) in [4.78, 5) is 25.9. The van der Waals surface area contributed by atoms with E-state index >= 15 is 0 Å². The number of carbonyl (C=O) groups is 2. The van der Waals surface area contributed by atoms with Crippen molar-refractivity contribution < 1.29 is 27.1 Å². The van der Waals surface area contributed by atoms with Gasteiger partial charge in [0.15, 0.2) is 9.84 Å². The monoisotopic (exact) mass is 385 g/mol. The molecule has 2 fully saturated rings. The third kappa shape index (κ3) is 4.06. The Kier molecular flexibility index (Phi) is 5.03. The number of cyclic esters (lactones) is 1. The molecule has 2 amide bonds. The van der Waals surface area contributed by atoms with Crippen LogP contribution in [0.3, 0.4) is 0 Å². The number of anilines is 2. The summed E-state index contributed by atoms with van der Waals surface area (Å²) in [5.74, 6) is -0.757. The second kappa shape index (κ2) is 7.10. The minimum absolute atomic E-state index is 0.00251. The third-order valence-electron chi connectivity index (χ3n) is 4.38. The molecule has 10 heteroatoms. The molecule has 0 unspecified atom stereocenters. The molecule has 0 radical (unpaired) electrons. The van der Waals surface area contributed by atoms with E-state index in [-0.39, 0.29) is 43.6 Å². The molecule has 26 heavy (non-hydrogen) atoms. The first kappa shape index (κ1) is 18.4. The second-order valence-electron chi connectivity index (χ2n) is 6.33. The Morgan fingerprint density at radius 2 is 2.04 bits per heavy atom. The van der Waals surface area contributed by atoms with Crippen molar-refractivity contribution in [1.29, 1.82) is 0 Å². The summed E-state index contributed by atoms with van der Waals surface area (Å²) < 4.78 is 42.7. The number of hydrogen-bond donors (Lipinski definition) is 1. The number of rotatable bonds is 4. The van der Waals surface area contributed by atoms with Crippen molar-refractivity contribution in [2.75, 3.05) is 47.5 Å². The smallest absolute Gasteiger partial charge is 0.414 e. The standard InChI is InChI=1S/C16H20FN3O5S/c1-11(21)18-9-13-10-20(16(22)25-13)12-2-3-15(14(17)8-12)19-4-6-26(23,24)7-5-19/h2-3,8,13H,4-7,9-10H2,1H3,(H,18,21)/t13-/m0/s1. The Balaban J connectivity index is 1.69. The Hall–Kier alpha value is -2.36. The molecular formula is C16H20FN3O5S. The molecule has 2 aliphatic rings. The third-order valence-corrected chi connectivity index (χ3v) is 5.99. The highest BCUT2D eigenvalue weighted by molar-refractivity contribution is 7.91. The van der Waals surface area contributed by atoms with E-state index in [1.807, 2.05) is 0 Å². The minimum atomic E-state index is -3.05. The van der Waals surface area contributed by atoms with Gasteiger partial charge in [0.2, 0.25) is 5.91 Å². The molecule has 1 N–H and O–H groups in total. The first-order chi connectivity index (χ1) is 12.2. The van der Waals surface area contributed by atoms with E-state index in [9.17, 15) is 22.4 Å². The molecule has 1 aromatic rings. The zero-order chi connectivity index (χ0) is 18.9. The molecule has 0 saturated carbocycles. The van der Waals surface area contributed by atoms with Crippen molar-refractivity contribution in [3.63, 3.8) is 0 Å². The lowest BCUT2D eigenvalue weighted by molar-refractivity contribution is -0.119. The van der Waals surface area contributed by atoms with Crippen molar-refractivity contribution in [2.45, 2.75) is 13.0 Å². The van der Waals surface area contributed by atoms with Crippen LogP contribution in [0, 0.1) is 5.82 Å². The highest BCUT2D eigenvalue weighted by atomic mass is 32.2. The van der Waals surface area contributed by atoms with E-state index in [1.165, 1.54) is 24.0 Å². The average Bonchev–Trinajstić information content (AvgIpc) is 2.94. The maximum Gasteiger partial charge on any atom is 0.414 e. The van der Waals surface area contributed by atoms with Crippen molar-refractivity contribution in [1.82, 2.24) is 5.32 Å². The maximum atomic E-state index is 14.5. The summed E-state index contributed by atoms with van der Waals surface area (Å²) in [7, 11) is -3.05. The van der Waals surface area contributed by atoms with Crippen LogP contribution < -0.4 is 15.1 Å². The number of nitrogens with zero attached hydrogens (tertiary/aromatic N) is 2. The van der Waals surface area contributed by atoms with Gasteiger partial charge >= 0.3 is 6.09 Å². The molecule has 2 aliphatic heterocycles. The van der Waals surface area contributed by atoms with Crippen LogP contribution in [0.5, 0.6) is 0 Å². The van der Waals surface area contributed by atoms with Crippen LogP contribution in [0.4, 0.5) is 20.6 Å². The Bertz CT molecular complexity index is 815. The van der Waals surface area contributed by atoms with Crippen molar-refractivity contribution in [3.8, 4) is 0 Å². The highest BCUT2D eigenvalue weighted by Gasteiger charge is 2.33. The molecule has 8 nitrogen and oxygen atoms in total. The van der Waals surface area contributed by atoms with Crippen LogP contribution in [0.15, 0.2) is 18.2 Å². The van der Waals surface area contributed by atoms with Gasteiger partial charge in [-0.05, 0) is 18.2 Å². The fraction of sp³-hybridized carbons (Fsp3) is 0.500. The van der Waals surface area contributed by atoms with Crippen LogP contribution in [0.2, 0.25) is 0 Å². The van der Waals surface area contributed by atoms with E-state index in [2.05, 4.69) is 5.32 Å². The van der Waals surface area contributed by atoms with Gasteiger partial charge < -0.3 is 15.0 Å². The lowest BCUT2D eigenvalue weighted by Crippen LogP contribution is -2.40. The van der Waals surface area contributed by atoms with Gasteiger partial charge in [-0.3, -0.25) is 9.69 Å². The molecule has 1 aromatic carbocycles. The quantitative estimate of drug-likeness (QED) is 0.812. The van der Waals surface area contributed by atoms with Gasteiger partial charge in [-0.15, -0.1) is 0 Å². The van der Waals surface area contributed by atoms with Crippen molar-refractivity contribution in [3.05, 3.63) is 24.0 Å². The number of sulfone groups is 1. The number of carbonyl (C=O) groups excluding carboxylic acids is 2. The zero-order valence-corrected chi connectivity index (χ0v) is 15.1. The summed E-state index contributed by atoms with van der Waals surface area (Å²) in [5, 5.41) is 2.58. The topological polar surface area (TPSA) is 96.0 Å². The van der Waals surface area contributed by atoms with E-state index < -0.39 is 27.9 Å². The summed E-state index contributed by atoms with van der Waals surface area (Å²) in [6.07, 6.45) is -1.10. The van der Waals surface area contributed by atoms with E-state index in [0.29, 0.717) is 11.4 Å². The Labute approximate surface area is 150 Å². The van der Waals surface area contributed by atoms with Crippen LogP contribution in [-0.4, -0.2) is 64.2 Å². The van der Waals surface area contributed by atoms with Crippen LogP contribution >= 0.6 is 0 Å². The first-order valence-electron chi connectivity index (χ1n) is 8.23. The fourth-order valence-corrected chi connectivity index (χ4v) is 4.17. The van der Waals surface area contributed by atoms with Crippen LogP contribution in [-0.2, 0) is 19.4 Å². The molecular weight excluding hydrogens is 365 g/mol. The summed E-state index contributed by atoms with van der Waals surface area (Å²) in [6, 6.07) is 4.38. The number of amides is 2. The molecule has 142 valence electrons. The summed E-state index contributed by atoms with van der Waals surface area (Å²) in [5.41, 5.74) is 0.664. The van der Waals surface area contributed by atoms with E-state index in [4.69, 9.17) is 4.74 Å². The average molecular weight is 385 g/mol. The predicted molar refractivity (Wildman–Crippen MR) is 93.6 cm³/mol. The number of benzene rings is 1. The second-order valence-corrected chi connectivity index (χ2v) is 8.63. The first-order valence-corrected chi connectivity index (χ1v) is 10.0. The Morgan fingerprint density at radius 3 is 2.65 bits per heavy atom. The number of halogens is 1. The summed E-state index contributed by atoms with van der Waals surface area (Å²) in [6.45, 7) is 2.25. The molecule has 1 atom stereocenters. The SMILES string of the molecule is CC(=O)NC[C@H]1CN(c2ccc(N3CCS(=O)(=O)CC3)c(F)c2)C(=O)O1. The van der Waals surface area contributed by atoms with Gasteiger partial charge in [0, 0.05) is 20.0 Å². The van der Waals surface area contributed by atoms with E-state index in [1.54, 1.807) is 11.0 Å². The summed E-state index contributed by atoms with van der Waals surface area (Å²) >= 11 is 0. The number of hydrogen-bond acceptors (Lipinski definition) is 6. The zero-order valence-electron chi connectivity index (χ0n) is 14.3. The molecule has 2 heterocycles. The highest BCUT2D eigenvalue weighted by Crippen LogP contribution is 2.28. The normalized spacial score (nSPS) is 22.2. The molecule has 0 spiro atoms. The van der Waals surface area contributed by atoms with E-state index in [0.717, 1.165) is 0 Å². The van der Waals surface area contributed by atoms with Crippen LogP contribution in [0.25, 0.3) is 0 Å². The predicted octanol–water partition coefficient (Wildman–Crippen LogP) is 0.522. The lowest BCUT2D eigenvalue weighted by atomic mass is 10.2. The van der Waals surface area contributed by atoms with Gasteiger partial charge in [-0.25, -0.2) is 17.6 Å².